The molecule has 0 saturated heterocycles. The molecule has 0 bridgehead atoms. The number of amides is 1. The topological polar surface area (TPSA) is 94.3 Å². The van der Waals surface area contributed by atoms with Crippen molar-refractivity contribution in [2.24, 2.45) is 0 Å². The number of nitrogens with one attached hydrogen (secondary N) is 1. The molecule has 0 saturated carbocycles. The highest BCUT2D eigenvalue weighted by Crippen LogP contribution is 2.22. The van der Waals surface area contributed by atoms with Crippen LogP contribution in [-0.4, -0.2) is 29.1 Å². The molecule has 1 amide bonds. The molecule has 7 heteroatoms. The summed E-state index contributed by atoms with van der Waals surface area (Å²) < 4.78 is 10.00. The number of methoxy groups -OCH3 is 1. The van der Waals surface area contributed by atoms with Gasteiger partial charge in [-0.2, -0.15) is 4.98 Å². The van der Waals surface area contributed by atoms with Crippen molar-refractivity contribution in [2.45, 2.75) is 0 Å². The van der Waals surface area contributed by atoms with Crippen LogP contribution in [0.4, 0.5) is 5.69 Å². The van der Waals surface area contributed by atoms with E-state index in [0.717, 1.165) is 5.56 Å². The normalized spacial score (nSPS) is 10.4. The van der Waals surface area contributed by atoms with E-state index in [0.29, 0.717) is 34.1 Å². The van der Waals surface area contributed by atoms with Gasteiger partial charge in [-0.15, -0.1) is 0 Å². The molecule has 148 valence electrons. The van der Waals surface area contributed by atoms with Crippen molar-refractivity contribution in [3.63, 3.8) is 0 Å². The van der Waals surface area contributed by atoms with Gasteiger partial charge >= 0.3 is 5.97 Å². The highest BCUT2D eigenvalue weighted by molar-refractivity contribution is 6.04. The lowest BCUT2D eigenvalue weighted by Crippen LogP contribution is -2.12. The fourth-order valence-corrected chi connectivity index (χ4v) is 2.82. The summed E-state index contributed by atoms with van der Waals surface area (Å²) in [6.07, 6.45) is 0. The van der Waals surface area contributed by atoms with Crippen LogP contribution in [0.5, 0.6) is 0 Å². The molecule has 0 atom stereocenters. The van der Waals surface area contributed by atoms with Crippen LogP contribution in [0.15, 0.2) is 83.4 Å². The Bertz CT molecular complexity index is 1170. The van der Waals surface area contributed by atoms with Crippen molar-refractivity contribution in [2.75, 3.05) is 12.4 Å². The fourth-order valence-electron chi connectivity index (χ4n) is 2.82. The molecule has 0 aliphatic carbocycles. The van der Waals surface area contributed by atoms with E-state index in [4.69, 9.17) is 4.52 Å². The van der Waals surface area contributed by atoms with E-state index in [-0.39, 0.29) is 5.91 Å². The zero-order chi connectivity index (χ0) is 20.9. The number of benzene rings is 3. The minimum Gasteiger partial charge on any atom is -0.465 e. The van der Waals surface area contributed by atoms with Gasteiger partial charge in [0.05, 0.1) is 12.7 Å². The number of hydrogen-bond acceptors (Lipinski definition) is 6. The molecule has 4 aromatic rings. The molecule has 1 N–H and O–H groups in total. The van der Waals surface area contributed by atoms with Gasteiger partial charge < -0.3 is 14.6 Å². The molecule has 4 rings (SSSR count). The Kier molecular flexibility index (Phi) is 5.34. The standard InChI is InChI=1S/C23H17N3O4/c1-29-23(28)18-11-13-19(14-12-18)24-21(27)16-7-9-17(10-8-16)22-25-20(26-30-22)15-5-3-2-4-6-15/h2-14H,1H3,(H,24,27). The first-order valence-electron chi connectivity index (χ1n) is 9.13. The molecule has 0 aliphatic heterocycles. The van der Waals surface area contributed by atoms with Crippen LogP contribution in [0.1, 0.15) is 20.7 Å². The highest BCUT2D eigenvalue weighted by atomic mass is 16.5. The van der Waals surface area contributed by atoms with Gasteiger partial charge in [0.15, 0.2) is 0 Å². The largest absolute Gasteiger partial charge is 0.465 e. The van der Waals surface area contributed by atoms with Crippen molar-refractivity contribution in [3.8, 4) is 22.8 Å². The van der Waals surface area contributed by atoms with Gasteiger partial charge in [0.1, 0.15) is 0 Å². The zero-order valence-electron chi connectivity index (χ0n) is 16.0. The number of carbonyl (C=O) groups is 2. The molecule has 1 heterocycles. The summed E-state index contributed by atoms with van der Waals surface area (Å²) in [6.45, 7) is 0. The number of ether oxygens (including phenoxy) is 1. The average Bonchev–Trinajstić information content (AvgIpc) is 3.30. The molecule has 0 unspecified atom stereocenters. The summed E-state index contributed by atoms with van der Waals surface area (Å²) in [6, 6.07) is 22.8. The Morgan fingerprint density at radius 3 is 2.17 bits per heavy atom. The maximum Gasteiger partial charge on any atom is 0.337 e. The monoisotopic (exact) mass is 399 g/mol. The van der Waals surface area contributed by atoms with Crippen LogP contribution in [-0.2, 0) is 4.74 Å². The average molecular weight is 399 g/mol. The molecule has 0 spiro atoms. The first-order valence-corrected chi connectivity index (χ1v) is 9.13. The maximum atomic E-state index is 12.5. The van der Waals surface area contributed by atoms with Gasteiger partial charge in [-0.25, -0.2) is 4.79 Å². The van der Waals surface area contributed by atoms with Gasteiger partial charge in [0.2, 0.25) is 5.82 Å². The SMILES string of the molecule is COC(=O)c1ccc(NC(=O)c2ccc(-c3nc(-c4ccccc4)no3)cc2)cc1. The second kappa shape index (κ2) is 8.40. The molecule has 0 radical (unpaired) electrons. The van der Waals surface area contributed by atoms with Crippen LogP contribution >= 0.6 is 0 Å². The van der Waals surface area contributed by atoms with Crippen LogP contribution < -0.4 is 5.32 Å². The minimum atomic E-state index is -0.431. The molecule has 0 fully saturated rings. The van der Waals surface area contributed by atoms with Crippen LogP contribution in [0.2, 0.25) is 0 Å². The number of aromatic nitrogens is 2. The molecular formula is C23H17N3O4. The van der Waals surface area contributed by atoms with Crippen LogP contribution in [0.3, 0.4) is 0 Å². The van der Waals surface area contributed by atoms with Crippen molar-refractivity contribution in [3.05, 3.63) is 90.0 Å². The van der Waals surface area contributed by atoms with Crippen LogP contribution in [0.25, 0.3) is 22.8 Å². The second-order valence-electron chi connectivity index (χ2n) is 6.39. The molecule has 1 aromatic heterocycles. The molecule has 3 aromatic carbocycles. The van der Waals surface area contributed by atoms with Crippen molar-refractivity contribution in [1.82, 2.24) is 10.1 Å². The van der Waals surface area contributed by atoms with E-state index in [1.807, 2.05) is 30.3 Å². The Labute approximate surface area is 172 Å². The third-order valence-corrected chi connectivity index (χ3v) is 4.42. The predicted molar refractivity (Wildman–Crippen MR) is 111 cm³/mol. The summed E-state index contributed by atoms with van der Waals surface area (Å²) in [5.74, 6) is 0.171. The lowest BCUT2D eigenvalue weighted by molar-refractivity contribution is 0.0600. The van der Waals surface area contributed by atoms with E-state index in [1.54, 1.807) is 48.5 Å². The third kappa shape index (κ3) is 4.10. The Balaban J connectivity index is 1.45. The van der Waals surface area contributed by atoms with E-state index in [9.17, 15) is 9.59 Å². The second-order valence-corrected chi connectivity index (χ2v) is 6.39. The third-order valence-electron chi connectivity index (χ3n) is 4.42. The molecular weight excluding hydrogens is 382 g/mol. The smallest absolute Gasteiger partial charge is 0.337 e. The summed E-state index contributed by atoms with van der Waals surface area (Å²) >= 11 is 0. The molecule has 7 nitrogen and oxygen atoms in total. The van der Waals surface area contributed by atoms with Gasteiger partial charge in [-0.1, -0.05) is 35.5 Å². The summed E-state index contributed by atoms with van der Waals surface area (Å²) in [5, 5.41) is 6.79. The van der Waals surface area contributed by atoms with Crippen molar-refractivity contribution < 1.29 is 18.8 Å². The van der Waals surface area contributed by atoms with Crippen molar-refractivity contribution in [1.29, 1.82) is 0 Å². The molecule has 0 aliphatic rings. The Morgan fingerprint density at radius 1 is 0.833 bits per heavy atom. The predicted octanol–water partition coefficient (Wildman–Crippen LogP) is 4.44. The number of nitrogens with zero attached hydrogens (tertiary/aromatic N) is 2. The first kappa shape index (κ1) is 19.1. The summed E-state index contributed by atoms with van der Waals surface area (Å²) in [7, 11) is 1.32. The number of rotatable bonds is 5. The van der Waals surface area contributed by atoms with Gasteiger partial charge in [0, 0.05) is 22.4 Å². The van der Waals surface area contributed by atoms with Crippen LogP contribution in [0, 0.1) is 0 Å². The number of esters is 1. The van der Waals surface area contributed by atoms with E-state index >= 15 is 0 Å². The maximum absolute atomic E-state index is 12.5. The quantitative estimate of drug-likeness (QED) is 0.499. The summed E-state index contributed by atoms with van der Waals surface area (Å²) in [4.78, 5) is 28.4. The van der Waals surface area contributed by atoms with E-state index < -0.39 is 5.97 Å². The highest BCUT2D eigenvalue weighted by Gasteiger charge is 2.12. The zero-order valence-corrected chi connectivity index (χ0v) is 16.0. The lowest BCUT2D eigenvalue weighted by atomic mass is 10.1. The minimum absolute atomic E-state index is 0.275. The fraction of sp³-hybridized carbons (Fsp3) is 0.0435. The Hall–Kier alpha value is -4.26. The number of carbonyl (C=O) groups excluding carboxylic acids is 2. The van der Waals surface area contributed by atoms with Gasteiger partial charge in [-0.05, 0) is 48.5 Å². The van der Waals surface area contributed by atoms with Crippen molar-refractivity contribution >= 4 is 17.6 Å². The van der Waals surface area contributed by atoms with E-state index in [1.165, 1.54) is 7.11 Å². The van der Waals surface area contributed by atoms with Gasteiger partial charge in [0.25, 0.3) is 11.8 Å². The number of hydrogen-bond donors (Lipinski definition) is 1. The summed E-state index contributed by atoms with van der Waals surface area (Å²) in [5.41, 5.74) is 3.03. The number of anilines is 1. The first-order chi connectivity index (χ1) is 14.6. The Morgan fingerprint density at radius 2 is 1.50 bits per heavy atom. The van der Waals surface area contributed by atoms with E-state index in [2.05, 4.69) is 20.2 Å². The van der Waals surface area contributed by atoms with Gasteiger partial charge in [-0.3, -0.25) is 4.79 Å². The molecule has 30 heavy (non-hydrogen) atoms. The lowest BCUT2D eigenvalue weighted by Gasteiger charge is -2.06.